The van der Waals surface area contributed by atoms with Crippen LogP contribution in [-0.2, 0) is 10.0 Å². The van der Waals surface area contributed by atoms with Crippen LogP contribution in [0, 0.1) is 6.92 Å². The summed E-state index contributed by atoms with van der Waals surface area (Å²) in [7, 11) is -3.74. The van der Waals surface area contributed by atoms with Gasteiger partial charge in [0.05, 0.1) is 10.0 Å². The van der Waals surface area contributed by atoms with Gasteiger partial charge in [-0.2, -0.15) is 0 Å². The molecule has 1 aromatic carbocycles. The molecule has 2 rings (SSSR count). The maximum atomic E-state index is 12.3. The maximum Gasteiger partial charge on any atom is 0.271 e. The first-order valence-corrected chi connectivity index (χ1v) is 8.38. The van der Waals surface area contributed by atoms with Crippen molar-refractivity contribution in [2.45, 2.75) is 18.1 Å². The van der Waals surface area contributed by atoms with E-state index in [4.69, 9.17) is 11.6 Å². The highest BCUT2D eigenvalue weighted by atomic mass is 35.5. The predicted molar refractivity (Wildman–Crippen MR) is 81.3 cm³/mol. The molecule has 0 aliphatic rings. The molecule has 0 fully saturated rings. The molecule has 0 atom stereocenters. The van der Waals surface area contributed by atoms with Gasteiger partial charge >= 0.3 is 0 Å². The van der Waals surface area contributed by atoms with Gasteiger partial charge in [-0.05, 0) is 37.6 Å². The number of rotatable bonds is 4. The lowest BCUT2D eigenvalue weighted by Gasteiger charge is -2.09. The summed E-state index contributed by atoms with van der Waals surface area (Å²) in [5, 5.41) is 0. The van der Waals surface area contributed by atoms with Gasteiger partial charge in [-0.25, -0.2) is 8.42 Å². The summed E-state index contributed by atoms with van der Waals surface area (Å²) in [4.78, 5) is 11.5. The van der Waals surface area contributed by atoms with Crippen LogP contribution in [0.25, 0.3) is 0 Å². The Morgan fingerprint density at radius 1 is 1.30 bits per heavy atom. The van der Waals surface area contributed by atoms with Crippen LogP contribution in [0.4, 0.5) is 5.69 Å². The van der Waals surface area contributed by atoms with Gasteiger partial charge in [0, 0.05) is 5.56 Å². The second-order valence-corrected chi connectivity index (χ2v) is 7.79. The van der Waals surface area contributed by atoms with Crippen molar-refractivity contribution in [1.29, 1.82) is 0 Å². The normalized spacial score (nSPS) is 11.3. The quantitative estimate of drug-likeness (QED) is 0.870. The van der Waals surface area contributed by atoms with Crippen LogP contribution in [0.1, 0.15) is 22.8 Å². The Morgan fingerprint density at radius 2 is 1.95 bits per heavy atom. The molecule has 1 heterocycles. The van der Waals surface area contributed by atoms with E-state index in [9.17, 15) is 13.2 Å². The van der Waals surface area contributed by atoms with E-state index >= 15 is 0 Å². The number of thiophene rings is 1. The molecule has 20 heavy (non-hydrogen) atoms. The average Bonchev–Trinajstić information content (AvgIpc) is 2.70. The molecule has 0 saturated carbocycles. The lowest BCUT2D eigenvalue weighted by Crippen LogP contribution is -2.13. The van der Waals surface area contributed by atoms with Crippen molar-refractivity contribution in [3.63, 3.8) is 0 Å². The van der Waals surface area contributed by atoms with Gasteiger partial charge in [0.25, 0.3) is 10.0 Å². The number of anilines is 1. The Labute approximate surface area is 126 Å². The van der Waals surface area contributed by atoms with Crippen molar-refractivity contribution < 1.29 is 13.2 Å². The molecular formula is C13H12ClNO3S2. The number of ketones is 1. The Kier molecular flexibility index (Phi) is 4.17. The van der Waals surface area contributed by atoms with Crippen LogP contribution in [0.2, 0.25) is 4.34 Å². The molecular weight excluding hydrogens is 318 g/mol. The molecule has 0 saturated heterocycles. The topological polar surface area (TPSA) is 63.2 Å². The zero-order chi connectivity index (χ0) is 14.9. The van der Waals surface area contributed by atoms with Crippen molar-refractivity contribution in [1.82, 2.24) is 0 Å². The molecule has 2 aromatic rings. The number of hydrogen-bond acceptors (Lipinski definition) is 4. The summed E-state index contributed by atoms with van der Waals surface area (Å²) >= 11 is 6.88. The fourth-order valence-electron chi connectivity index (χ4n) is 1.64. The van der Waals surface area contributed by atoms with E-state index in [1.165, 1.54) is 13.0 Å². The Balaban J connectivity index is 2.41. The van der Waals surface area contributed by atoms with E-state index in [0.29, 0.717) is 15.5 Å². The molecule has 4 nitrogen and oxygen atoms in total. The number of benzene rings is 1. The van der Waals surface area contributed by atoms with Crippen molar-refractivity contribution in [2.24, 2.45) is 0 Å². The highest BCUT2D eigenvalue weighted by molar-refractivity contribution is 7.94. The molecule has 0 spiro atoms. The molecule has 0 radical (unpaired) electrons. The smallest absolute Gasteiger partial charge is 0.271 e. The Morgan fingerprint density at radius 3 is 2.50 bits per heavy atom. The van der Waals surface area contributed by atoms with Gasteiger partial charge in [0.1, 0.15) is 4.21 Å². The zero-order valence-electron chi connectivity index (χ0n) is 10.8. The van der Waals surface area contributed by atoms with Gasteiger partial charge in [0.2, 0.25) is 0 Å². The largest absolute Gasteiger partial charge is 0.294 e. The highest BCUT2D eigenvalue weighted by Crippen LogP contribution is 2.31. The molecule has 0 aliphatic carbocycles. The first kappa shape index (κ1) is 15.0. The Bertz CT molecular complexity index is 746. The van der Waals surface area contributed by atoms with Crippen LogP contribution in [0.15, 0.2) is 34.5 Å². The lowest BCUT2D eigenvalue weighted by molar-refractivity contribution is 0.101. The molecule has 7 heteroatoms. The fourth-order valence-corrected chi connectivity index (χ4v) is 4.43. The second kappa shape index (κ2) is 5.55. The first-order chi connectivity index (χ1) is 9.31. The van der Waals surface area contributed by atoms with Crippen LogP contribution in [0.3, 0.4) is 0 Å². The molecule has 1 aromatic heterocycles. The number of para-hydroxylation sites is 1. The maximum absolute atomic E-state index is 12.3. The number of carbonyl (C=O) groups excluding carboxylic acids is 1. The number of Topliss-reactive ketones (excluding diaryl/α,β-unsaturated/α-hetero) is 1. The number of carbonyl (C=O) groups is 1. The molecule has 0 amide bonds. The number of sulfonamides is 1. The third kappa shape index (κ3) is 3.03. The summed E-state index contributed by atoms with van der Waals surface area (Å²) in [6.07, 6.45) is 0. The minimum absolute atomic E-state index is 0.123. The van der Waals surface area contributed by atoms with E-state index in [1.807, 2.05) is 0 Å². The molecule has 1 N–H and O–H groups in total. The summed E-state index contributed by atoms with van der Waals surface area (Å²) in [5.74, 6) is -0.205. The van der Waals surface area contributed by atoms with E-state index in [2.05, 4.69) is 4.72 Å². The number of hydrogen-bond donors (Lipinski definition) is 1. The van der Waals surface area contributed by atoms with Crippen LogP contribution < -0.4 is 4.72 Å². The van der Waals surface area contributed by atoms with Crippen LogP contribution in [-0.4, -0.2) is 14.2 Å². The van der Waals surface area contributed by atoms with Crippen LogP contribution in [0.5, 0.6) is 0 Å². The second-order valence-electron chi connectivity index (χ2n) is 4.23. The summed E-state index contributed by atoms with van der Waals surface area (Å²) in [6, 6.07) is 7.98. The molecule has 106 valence electrons. The Hall–Kier alpha value is -1.37. The monoisotopic (exact) mass is 329 g/mol. The third-order valence-electron chi connectivity index (χ3n) is 2.65. The number of nitrogens with one attached hydrogen (secondary N) is 1. The zero-order valence-corrected chi connectivity index (χ0v) is 13.2. The predicted octanol–water partition coefficient (Wildman–Crippen LogP) is 3.71. The first-order valence-electron chi connectivity index (χ1n) is 5.70. The fraction of sp³-hybridized carbons (Fsp3) is 0.154. The third-order valence-corrected chi connectivity index (χ3v) is 6.04. The summed E-state index contributed by atoms with van der Waals surface area (Å²) in [6.45, 7) is 3.13. The van der Waals surface area contributed by atoms with E-state index in [0.717, 1.165) is 11.3 Å². The van der Waals surface area contributed by atoms with Gasteiger partial charge in [-0.15, -0.1) is 11.3 Å². The molecule has 0 aliphatic heterocycles. The van der Waals surface area contributed by atoms with Gasteiger partial charge in [0.15, 0.2) is 5.78 Å². The average molecular weight is 330 g/mol. The van der Waals surface area contributed by atoms with Gasteiger partial charge in [-0.1, -0.05) is 23.7 Å². The van der Waals surface area contributed by atoms with Crippen molar-refractivity contribution in [3.8, 4) is 0 Å². The molecule has 0 bridgehead atoms. The molecule has 0 unspecified atom stereocenters. The van der Waals surface area contributed by atoms with Crippen molar-refractivity contribution in [3.05, 3.63) is 45.8 Å². The number of aryl methyl sites for hydroxylation is 1. The van der Waals surface area contributed by atoms with E-state index in [1.54, 1.807) is 31.2 Å². The highest BCUT2D eigenvalue weighted by Gasteiger charge is 2.20. The minimum Gasteiger partial charge on any atom is -0.294 e. The van der Waals surface area contributed by atoms with E-state index < -0.39 is 10.0 Å². The van der Waals surface area contributed by atoms with Crippen molar-refractivity contribution >= 4 is 44.4 Å². The number of halogens is 1. The van der Waals surface area contributed by atoms with Gasteiger partial charge < -0.3 is 0 Å². The summed E-state index contributed by atoms with van der Waals surface area (Å²) in [5.41, 5.74) is 1.30. The van der Waals surface area contributed by atoms with Gasteiger partial charge in [-0.3, -0.25) is 9.52 Å². The lowest BCUT2D eigenvalue weighted by atomic mass is 10.1. The minimum atomic E-state index is -3.74. The SMILES string of the molecule is CC(=O)c1ccccc1NS(=O)(=O)c1cc(C)c(Cl)s1. The van der Waals surface area contributed by atoms with Crippen LogP contribution >= 0.6 is 22.9 Å². The van der Waals surface area contributed by atoms with E-state index in [-0.39, 0.29) is 15.7 Å². The standard InChI is InChI=1S/C13H12ClNO3S2/c1-8-7-12(19-13(8)14)20(17,18)15-11-6-4-3-5-10(11)9(2)16/h3-7,15H,1-2H3. The van der Waals surface area contributed by atoms with Crippen molar-refractivity contribution in [2.75, 3.05) is 4.72 Å². The summed E-state index contributed by atoms with van der Waals surface area (Å²) < 4.78 is 27.5.